The summed E-state index contributed by atoms with van der Waals surface area (Å²) in [6.07, 6.45) is 0. The lowest BCUT2D eigenvalue weighted by Gasteiger charge is -2.12. The van der Waals surface area contributed by atoms with Gasteiger partial charge in [-0.3, -0.25) is 4.79 Å². The molecule has 1 aromatic heterocycles. The lowest BCUT2D eigenvalue weighted by Crippen LogP contribution is -2.21. The molecule has 0 saturated carbocycles. The standard InChI is InChI=1S/C24H20N2O5S/c1-29-15-11-12-20(30-2)19(13-15)25-22(27)14-31-24(28)17-8-4-3-7-16(17)23-26-18-9-5-6-10-21(18)32-23/h3-13H,14H2,1-2H3,(H,25,27). The average Bonchev–Trinajstić information content (AvgIpc) is 3.26. The van der Waals surface area contributed by atoms with Crippen molar-refractivity contribution in [1.82, 2.24) is 4.98 Å². The number of hydrogen-bond donors (Lipinski definition) is 1. The molecule has 0 aliphatic heterocycles. The van der Waals surface area contributed by atoms with Crippen molar-refractivity contribution in [3.63, 3.8) is 0 Å². The molecule has 7 nitrogen and oxygen atoms in total. The molecule has 8 heteroatoms. The number of anilines is 1. The van der Waals surface area contributed by atoms with E-state index in [1.165, 1.54) is 25.6 Å². The number of rotatable bonds is 7. The van der Waals surface area contributed by atoms with E-state index in [1.807, 2.05) is 36.4 Å². The zero-order valence-corrected chi connectivity index (χ0v) is 18.3. The number of ether oxygens (including phenoxy) is 3. The Kier molecular flexibility index (Phi) is 6.32. The smallest absolute Gasteiger partial charge is 0.339 e. The average molecular weight is 449 g/mol. The van der Waals surface area contributed by atoms with Gasteiger partial charge in [0.15, 0.2) is 6.61 Å². The highest BCUT2D eigenvalue weighted by Crippen LogP contribution is 2.32. The Morgan fingerprint density at radius 2 is 1.75 bits per heavy atom. The van der Waals surface area contributed by atoms with Gasteiger partial charge in [0.25, 0.3) is 5.91 Å². The Balaban J connectivity index is 1.48. The third kappa shape index (κ3) is 4.55. The second-order valence-corrected chi connectivity index (χ2v) is 7.75. The van der Waals surface area contributed by atoms with Gasteiger partial charge in [-0.2, -0.15) is 0 Å². The van der Waals surface area contributed by atoms with Crippen molar-refractivity contribution in [1.29, 1.82) is 0 Å². The quantitative estimate of drug-likeness (QED) is 0.410. The maximum Gasteiger partial charge on any atom is 0.339 e. The maximum atomic E-state index is 12.8. The van der Waals surface area contributed by atoms with Gasteiger partial charge in [0.1, 0.15) is 16.5 Å². The van der Waals surface area contributed by atoms with Gasteiger partial charge in [-0.05, 0) is 30.3 Å². The van der Waals surface area contributed by atoms with Crippen LogP contribution in [-0.2, 0) is 9.53 Å². The third-order valence-corrected chi connectivity index (χ3v) is 5.76. The number of benzene rings is 3. The number of thiazole rings is 1. The van der Waals surface area contributed by atoms with Crippen molar-refractivity contribution < 1.29 is 23.8 Å². The number of nitrogens with zero attached hydrogens (tertiary/aromatic N) is 1. The summed E-state index contributed by atoms with van der Waals surface area (Å²) in [6, 6.07) is 19.8. The molecule has 0 spiro atoms. The molecule has 0 atom stereocenters. The highest BCUT2D eigenvalue weighted by molar-refractivity contribution is 7.21. The molecule has 4 aromatic rings. The number of nitrogens with one attached hydrogen (secondary N) is 1. The van der Waals surface area contributed by atoms with Crippen LogP contribution in [0.15, 0.2) is 66.7 Å². The molecule has 1 heterocycles. The van der Waals surface area contributed by atoms with Gasteiger partial charge < -0.3 is 19.5 Å². The SMILES string of the molecule is COc1ccc(OC)c(NC(=O)COC(=O)c2ccccc2-c2nc3ccccc3s2)c1. The summed E-state index contributed by atoms with van der Waals surface area (Å²) < 4.78 is 16.7. The summed E-state index contributed by atoms with van der Waals surface area (Å²) in [5.41, 5.74) is 2.29. The first-order chi connectivity index (χ1) is 15.6. The van der Waals surface area contributed by atoms with Gasteiger partial charge in [-0.1, -0.05) is 30.3 Å². The maximum absolute atomic E-state index is 12.8. The Labute approximate surface area is 188 Å². The molecule has 0 aliphatic carbocycles. The second kappa shape index (κ2) is 9.49. The Morgan fingerprint density at radius 1 is 0.969 bits per heavy atom. The van der Waals surface area contributed by atoms with E-state index in [1.54, 1.807) is 30.3 Å². The first-order valence-corrected chi connectivity index (χ1v) is 10.5. The van der Waals surface area contributed by atoms with Crippen molar-refractivity contribution in [3.05, 3.63) is 72.3 Å². The van der Waals surface area contributed by atoms with E-state index in [0.717, 1.165) is 10.2 Å². The number of fused-ring (bicyclic) bond motifs is 1. The molecule has 0 unspecified atom stereocenters. The molecule has 0 bridgehead atoms. The van der Waals surface area contributed by atoms with Gasteiger partial charge in [0, 0.05) is 11.6 Å². The summed E-state index contributed by atoms with van der Waals surface area (Å²) in [4.78, 5) is 29.8. The summed E-state index contributed by atoms with van der Waals surface area (Å²) in [5.74, 6) is -0.0792. The molecule has 1 N–H and O–H groups in total. The minimum absolute atomic E-state index is 0.346. The lowest BCUT2D eigenvalue weighted by atomic mass is 10.1. The lowest BCUT2D eigenvalue weighted by molar-refractivity contribution is -0.119. The molecule has 1 amide bonds. The molecule has 4 rings (SSSR count). The second-order valence-electron chi connectivity index (χ2n) is 6.72. The highest BCUT2D eigenvalue weighted by Gasteiger charge is 2.18. The Bertz CT molecular complexity index is 1250. The van der Waals surface area contributed by atoms with Gasteiger partial charge in [0.05, 0.1) is 35.7 Å². The minimum atomic E-state index is -0.604. The van der Waals surface area contributed by atoms with E-state index in [9.17, 15) is 9.59 Å². The van der Waals surface area contributed by atoms with Crippen LogP contribution in [0.3, 0.4) is 0 Å². The van der Waals surface area contributed by atoms with Crippen LogP contribution in [0.2, 0.25) is 0 Å². The van der Waals surface area contributed by atoms with Crippen molar-refractivity contribution >= 4 is 39.1 Å². The highest BCUT2D eigenvalue weighted by atomic mass is 32.1. The van der Waals surface area contributed by atoms with E-state index in [2.05, 4.69) is 10.3 Å². The monoisotopic (exact) mass is 448 g/mol. The van der Waals surface area contributed by atoms with Gasteiger partial charge in [-0.15, -0.1) is 11.3 Å². The van der Waals surface area contributed by atoms with Crippen LogP contribution in [-0.4, -0.2) is 37.7 Å². The predicted octanol–water partition coefficient (Wildman–Crippen LogP) is 4.78. The molecule has 0 saturated heterocycles. The third-order valence-electron chi connectivity index (χ3n) is 4.69. The van der Waals surface area contributed by atoms with Gasteiger partial charge in [-0.25, -0.2) is 9.78 Å². The van der Waals surface area contributed by atoms with Crippen LogP contribution in [0.5, 0.6) is 11.5 Å². The first-order valence-electron chi connectivity index (χ1n) is 9.73. The normalized spacial score (nSPS) is 10.6. The van der Waals surface area contributed by atoms with E-state index < -0.39 is 18.5 Å². The van der Waals surface area contributed by atoms with Crippen LogP contribution < -0.4 is 14.8 Å². The Morgan fingerprint density at radius 3 is 2.53 bits per heavy atom. The number of para-hydroxylation sites is 1. The van der Waals surface area contributed by atoms with Crippen LogP contribution >= 0.6 is 11.3 Å². The topological polar surface area (TPSA) is 86.8 Å². The number of hydrogen-bond acceptors (Lipinski definition) is 7. The number of aromatic nitrogens is 1. The number of carbonyl (C=O) groups excluding carboxylic acids is 2. The van der Waals surface area contributed by atoms with Crippen LogP contribution in [0, 0.1) is 0 Å². The number of methoxy groups -OCH3 is 2. The fraction of sp³-hybridized carbons (Fsp3) is 0.125. The van der Waals surface area contributed by atoms with Crippen LogP contribution in [0.4, 0.5) is 5.69 Å². The fourth-order valence-corrected chi connectivity index (χ4v) is 4.15. The fourth-order valence-electron chi connectivity index (χ4n) is 3.14. The number of esters is 1. The van der Waals surface area contributed by atoms with Crippen molar-refractivity contribution in [2.45, 2.75) is 0 Å². The van der Waals surface area contributed by atoms with E-state index in [-0.39, 0.29) is 0 Å². The van der Waals surface area contributed by atoms with Crippen LogP contribution in [0.25, 0.3) is 20.8 Å². The molecule has 3 aromatic carbocycles. The predicted molar refractivity (Wildman–Crippen MR) is 124 cm³/mol. The molecule has 32 heavy (non-hydrogen) atoms. The largest absolute Gasteiger partial charge is 0.497 e. The summed E-state index contributed by atoms with van der Waals surface area (Å²) in [6.45, 7) is -0.451. The summed E-state index contributed by atoms with van der Waals surface area (Å²) in [7, 11) is 3.02. The number of amides is 1. The van der Waals surface area contributed by atoms with Crippen molar-refractivity contribution in [2.24, 2.45) is 0 Å². The molecule has 0 aliphatic rings. The first kappa shape index (κ1) is 21.3. The van der Waals surface area contributed by atoms with Crippen molar-refractivity contribution in [3.8, 4) is 22.1 Å². The zero-order chi connectivity index (χ0) is 22.5. The van der Waals surface area contributed by atoms with Crippen LogP contribution in [0.1, 0.15) is 10.4 Å². The van der Waals surface area contributed by atoms with Gasteiger partial charge >= 0.3 is 5.97 Å². The molecular weight excluding hydrogens is 428 g/mol. The van der Waals surface area contributed by atoms with E-state index in [4.69, 9.17) is 14.2 Å². The molecule has 162 valence electrons. The van der Waals surface area contributed by atoms with Gasteiger partial charge in [0.2, 0.25) is 0 Å². The van der Waals surface area contributed by atoms with Crippen molar-refractivity contribution in [2.75, 3.05) is 26.1 Å². The molecular formula is C24H20N2O5S. The molecule has 0 radical (unpaired) electrons. The van der Waals surface area contributed by atoms with E-state index in [0.29, 0.717) is 33.3 Å². The van der Waals surface area contributed by atoms with E-state index >= 15 is 0 Å². The minimum Gasteiger partial charge on any atom is -0.497 e. The molecule has 0 fully saturated rings. The number of carbonyl (C=O) groups is 2. The zero-order valence-electron chi connectivity index (χ0n) is 17.5. The Hall–Kier alpha value is -3.91. The summed E-state index contributed by atoms with van der Waals surface area (Å²) in [5, 5.41) is 3.39. The summed E-state index contributed by atoms with van der Waals surface area (Å²) >= 11 is 1.49.